The van der Waals surface area contributed by atoms with Gasteiger partial charge in [0.25, 0.3) is 0 Å². The Balaban J connectivity index is 0.000000578. The standard InChI is InChI=1S/C15H22O3.C4H7NO.C3H8O2/c1-3-5-6-9-12(4-2)18-15(17)13-10-7-8-11-14(13)16;6-4-2-1-3-5-4;1-3(5)2-4/h7-8,10-12,16H,3-6,9H2,1-2H3;1-3H2,(H,5,6);3-5H,2H2,1H3. The first-order chi connectivity index (χ1) is 13.8. The molecular formula is C22H37NO6. The van der Waals surface area contributed by atoms with Gasteiger partial charge in [0.15, 0.2) is 0 Å². The fraction of sp³-hybridized carbons (Fsp3) is 0.636. The summed E-state index contributed by atoms with van der Waals surface area (Å²) in [4.78, 5) is 22.0. The molecule has 1 aromatic carbocycles. The van der Waals surface area contributed by atoms with Gasteiger partial charge in [0.2, 0.25) is 5.91 Å². The molecule has 1 aromatic rings. The van der Waals surface area contributed by atoms with Crippen LogP contribution in [0, 0.1) is 0 Å². The van der Waals surface area contributed by atoms with E-state index in [1.807, 2.05) is 6.92 Å². The molecule has 1 saturated heterocycles. The van der Waals surface area contributed by atoms with E-state index in [1.54, 1.807) is 18.2 Å². The molecule has 7 nitrogen and oxygen atoms in total. The number of aliphatic hydroxyl groups is 2. The van der Waals surface area contributed by atoms with Crippen LogP contribution in [-0.2, 0) is 9.53 Å². The zero-order valence-corrected chi connectivity index (χ0v) is 17.9. The second kappa shape index (κ2) is 16.8. The van der Waals surface area contributed by atoms with Crippen LogP contribution in [-0.4, -0.2) is 52.6 Å². The second-order valence-corrected chi connectivity index (χ2v) is 6.93. The molecule has 166 valence electrons. The lowest BCUT2D eigenvalue weighted by Crippen LogP contribution is -2.17. The number of amides is 1. The van der Waals surface area contributed by atoms with Crippen molar-refractivity contribution in [3.8, 4) is 5.75 Å². The number of ether oxygens (including phenoxy) is 1. The lowest BCUT2D eigenvalue weighted by Gasteiger charge is -2.16. The highest BCUT2D eigenvalue weighted by Crippen LogP contribution is 2.19. The number of benzene rings is 1. The van der Waals surface area contributed by atoms with Crippen LogP contribution in [0.25, 0.3) is 0 Å². The molecule has 2 atom stereocenters. The minimum absolute atomic E-state index is 0.0223. The SMILES string of the molecule is CC(O)CO.CCCCCC(CC)OC(=O)c1ccccc1O.O=C1CCCN1. The van der Waals surface area contributed by atoms with Crippen LogP contribution in [0.15, 0.2) is 24.3 Å². The van der Waals surface area contributed by atoms with Gasteiger partial charge in [0.1, 0.15) is 17.4 Å². The number of nitrogens with one attached hydrogen (secondary N) is 1. The van der Waals surface area contributed by atoms with E-state index in [2.05, 4.69) is 12.2 Å². The van der Waals surface area contributed by atoms with E-state index in [1.165, 1.54) is 13.0 Å². The highest BCUT2D eigenvalue weighted by atomic mass is 16.5. The number of phenols is 1. The third kappa shape index (κ3) is 13.7. The van der Waals surface area contributed by atoms with Gasteiger partial charge in [-0.25, -0.2) is 4.79 Å². The zero-order chi connectivity index (χ0) is 22.1. The molecule has 0 bridgehead atoms. The number of hydrogen-bond acceptors (Lipinski definition) is 6. The van der Waals surface area contributed by atoms with E-state index in [9.17, 15) is 14.7 Å². The zero-order valence-electron chi connectivity index (χ0n) is 17.9. The van der Waals surface area contributed by atoms with Crippen molar-refractivity contribution in [3.63, 3.8) is 0 Å². The molecule has 2 unspecified atom stereocenters. The largest absolute Gasteiger partial charge is 0.507 e. The molecule has 4 N–H and O–H groups in total. The molecule has 1 aliphatic rings. The number of aromatic hydroxyl groups is 1. The monoisotopic (exact) mass is 411 g/mol. The smallest absolute Gasteiger partial charge is 0.342 e. The summed E-state index contributed by atoms with van der Waals surface area (Å²) in [5.74, 6) is -0.252. The summed E-state index contributed by atoms with van der Waals surface area (Å²) in [6, 6.07) is 6.48. The number of esters is 1. The van der Waals surface area contributed by atoms with Gasteiger partial charge >= 0.3 is 5.97 Å². The van der Waals surface area contributed by atoms with Crippen molar-refractivity contribution in [2.75, 3.05) is 13.2 Å². The van der Waals surface area contributed by atoms with E-state index >= 15 is 0 Å². The Morgan fingerprint density at radius 3 is 2.31 bits per heavy atom. The summed E-state index contributed by atoms with van der Waals surface area (Å²) < 4.78 is 5.41. The fourth-order valence-corrected chi connectivity index (χ4v) is 2.39. The number of rotatable bonds is 8. The van der Waals surface area contributed by atoms with Gasteiger partial charge in [-0.15, -0.1) is 0 Å². The first-order valence-electron chi connectivity index (χ1n) is 10.4. The summed E-state index contributed by atoms with van der Waals surface area (Å²) in [5.41, 5.74) is 0.242. The van der Waals surface area contributed by atoms with Crippen LogP contribution in [0.3, 0.4) is 0 Å². The summed E-state index contributed by atoms with van der Waals surface area (Å²) >= 11 is 0. The molecule has 0 saturated carbocycles. The van der Waals surface area contributed by atoms with Crippen molar-refractivity contribution in [1.82, 2.24) is 5.32 Å². The maximum absolute atomic E-state index is 11.9. The van der Waals surface area contributed by atoms with Gasteiger partial charge < -0.3 is 25.4 Å². The summed E-state index contributed by atoms with van der Waals surface area (Å²) in [7, 11) is 0. The van der Waals surface area contributed by atoms with Crippen LogP contribution in [0.4, 0.5) is 0 Å². The Morgan fingerprint density at radius 2 is 1.90 bits per heavy atom. The van der Waals surface area contributed by atoms with E-state index in [-0.39, 0.29) is 29.9 Å². The lowest BCUT2D eigenvalue weighted by atomic mass is 10.1. The summed E-state index contributed by atoms with van der Waals surface area (Å²) in [6.07, 6.45) is 6.24. The van der Waals surface area contributed by atoms with Crippen molar-refractivity contribution in [2.24, 2.45) is 0 Å². The molecule has 0 spiro atoms. The van der Waals surface area contributed by atoms with Crippen LogP contribution in [0.5, 0.6) is 5.75 Å². The third-order valence-electron chi connectivity index (χ3n) is 4.15. The minimum atomic E-state index is -0.560. The maximum Gasteiger partial charge on any atom is 0.342 e. The number of hydrogen-bond donors (Lipinski definition) is 4. The Kier molecular flexibility index (Phi) is 15.6. The normalized spacial score (nSPS) is 14.4. The number of para-hydroxylation sites is 1. The molecule has 0 aromatic heterocycles. The average molecular weight is 412 g/mol. The molecule has 1 heterocycles. The highest BCUT2D eigenvalue weighted by Gasteiger charge is 2.16. The van der Waals surface area contributed by atoms with Crippen molar-refractivity contribution < 1.29 is 29.6 Å². The Labute approximate surface area is 174 Å². The maximum atomic E-state index is 11.9. The Hall–Kier alpha value is -2.12. The van der Waals surface area contributed by atoms with Gasteiger partial charge in [-0.2, -0.15) is 0 Å². The number of aliphatic hydroxyl groups excluding tert-OH is 2. The highest BCUT2D eigenvalue weighted by molar-refractivity contribution is 5.92. The second-order valence-electron chi connectivity index (χ2n) is 6.93. The van der Waals surface area contributed by atoms with Crippen LogP contribution in [0.2, 0.25) is 0 Å². The fourth-order valence-electron chi connectivity index (χ4n) is 2.39. The van der Waals surface area contributed by atoms with Crippen molar-refractivity contribution >= 4 is 11.9 Å². The lowest BCUT2D eigenvalue weighted by molar-refractivity contribution is -0.119. The number of unbranched alkanes of at least 4 members (excludes halogenated alkanes) is 2. The Bertz CT molecular complexity index is 568. The summed E-state index contributed by atoms with van der Waals surface area (Å²) in [5, 5.41) is 28.3. The first kappa shape index (κ1) is 26.9. The average Bonchev–Trinajstić information content (AvgIpc) is 3.19. The van der Waals surface area contributed by atoms with Crippen molar-refractivity contribution in [2.45, 2.75) is 77.9 Å². The minimum Gasteiger partial charge on any atom is -0.507 e. The van der Waals surface area contributed by atoms with E-state index in [0.29, 0.717) is 0 Å². The van der Waals surface area contributed by atoms with Crippen LogP contribution in [0.1, 0.15) is 76.1 Å². The molecule has 29 heavy (non-hydrogen) atoms. The molecule has 1 fully saturated rings. The van der Waals surface area contributed by atoms with E-state index in [4.69, 9.17) is 14.9 Å². The number of carbonyl (C=O) groups excluding carboxylic acids is 2. The molecule has 1 aliphatic heterocycles. The van der Waals surface area contributed by atoms with E-state index < -0.39 is 12.1 Å². The Morgan fingerprint density at radius 1 is 1.24 bits per heavy atom. The van der Waals surface area contributed by atoms with Crippen molar-refractivity contribution in [3.05, 3.63) is 29.8 Å². The van der Waals surface area contributed by atoms with Gasteiger partial charge in [-0.3, -0.25) is 4.79 Å². The summed E-state index contributed by atoms with van der Waals surface area (Å²) in [6.45, 7) is 6.43. The van der Waals surface area contributed by atoms with Crippen molar-refractivity contribution in [1.29, 1.82) is 0 Å². The molecule has 0 aliphatic carbocycles. The van der Waals surface area contributed by atoms with Gasteiger partial charge in [-0.1, -0.05) is 38.8 Å². The third-order valence-corrected chi connectivity index (χ3v) is 4.15. The first-order valence-corrected chi connectivity index (χ1v) is 10.4. The molecule has 1 amide bonds. The number of phenolic OH excluding ortho intramolecular Hbond substituents is 1. The van der Waals surface area contributed by atoms with Gasteiger partial charge in [0.05, 0.1) is 12.7 Å². The number of carbonyl (C=O) groups is 2. The predicted molar refractivity (Wildman–Crippen MR) is 113 cm³/mol. The van der Waals surface area contributed by atoms with Crippen LogP contribution < -0.4 is 5.32 Å². The molecular weight excluding hydrogens is 374 g/mol. The van der Waals surface area contributed by atoms with E-state index in [0.717, 1.165) is 51.5 Å². The quantitative estimate of drug-likeness (QED) is 0.386. The van der Waals surface area contributed by atoms with Gasteiger partial charge in [-0.05, 0) is 44.7 Å². The predicted octanol–water partition coefficient (Wildman–Crippen LogP) is 3.16. The topological polar surface area (TPSA) is 116 Å². The van der Waals surface area contributed by atoms with Gasteiger partial charge in [0, 0.05) is 13.0 Å². The van der Waals surface area contributed by atoms with Crippen LogP contribution >= 0.6 is 0 Å². The molecule has 7 heteroatoms. The molecule has 0 radical (unpaired) electrons. The molecule has 2 rings (SSSR count).